The maximum atomic E-state index is 12.7. The molecule has 3 rings (SSSR count). The number of anilines is 1. The Kier molecular flexibility index (Phi) is 6.69. The van der Waals surface area contributed by atoms with Crippen LogP contribution in [0, 0.1) is 6.92 Å². The minimum absolute atomic E-state index is 0.0907. The Bertz CT molecular complexity index is 978. The van der Waals surface area contributed by atoms with Crippen molar-refractivity contribution in [2.24, 2.45) is 7.05 Å². The van der Waals surface area contributed by atoms with Crippen molar-refractivity contribution in [3.8, 4) is 11.4 Å². The van der Waals surface area contributed by atoms with Gasteiger partial charge in [0.25, 0.3) is 5.76 Å². The molecule has 146 valence electrons. The highest BCUT2D eigenvalue weighted by Crippen LogP contribution is 2.32. The first-order valence-electron chi connectivity index (χ1n) is 8.37. The summed E-state index contributed by atoms with van der Waals surface area (Å²) in [5.41, 5.74) is 2.43. The predicted molar refractivity (Wildman–Crippen MR) is 109 cm³/mol. The van der Waals surface area contributed by atoms with Gasteiger partial charge in [-0.25, -0.2) is 0 Å². The van der Waals surface area contributed by atoms with Gasteiger partial charge in [-0.3, -0.25) is 4.79 Å². The minimum Gasteiger partial charge on any atom is -0.324 e. The molecule has 2 aromatic carbocycles. The molecule has 9 heteroatoms. The van der Waals surface area contributed by atoms with Crippen molar-refractivity contribution in [2.45, 2.75) is 22.7 Å². The highest BCUT2D eigenvalue weighted by Gasteiger charge is 2.15. The molecule has 28 heavy (non-hydrogen) atoms. The van der Waals surface area contributed by atoms with E-state index in [2.05, 4.69) is 15.5 Å². The highest BCUT2D eigenvalue weighted by molar-refractivity contribution is 8.00. The first-order valence-corrected chi connectivity index (χ1v) is 10.2. The monoisotopic (exact) mass is 420 g/mol. The standard InChI is InChI=1S/C19H18F2N4OS2/c1-12-7-3-4-8-13(12)17-23-24-19(25(17)2)27-11-16(26)22-14-9-5-6-10-15(14)28-18(20)21/h3-10,18H,11H2,1-2H3,(H,22,26). The summed E-state index contributed by atoms with van der Waals surface area (Å²) in [7, 11) is 1.84. The first-order chi connectivity index (χ1) is 13.5. The van der Waals surface area contributed by atoms with Crippen molar-refractivity contribution in [2.75, 3.05) is 11.1 Å². The van der Waals surface area contributed by atoms with Gasteiger partial charge in [-0.15, -0.1) is 10.2 Å². The molecule has 0 saturated carbocycles. The number of thioether (sulfide) groups is 2. The molecule has 0 unspecified atom stereocenters. The van der Waals surface area contributed by atoms with Crippen LogP contribution < -0.4 is 5.32 Å². The number of nitrogens with one attached hydrogen (secondary N) is 1. The van der Waals surface area contributed by atoms with Gasteiger partial charge in [-0.05, 0) is 24.6 Å². The number of para-hydroxylation sites is 1. The van der Waals surface area contributed by atoms with E-state index in [4.69, 9.17) is 0 Å². The average Bonchev–Trinajstić information content (AvgIpc) is 3.02. The summed E-state index contributed by atoms with van der Waals surface area (Å²) in [6, 6.07) is 14.4. The second kappa shape index (κ2) is 9.20. The Balaban J connectivity index is 1.66. The SMILES string of the molecule is Cc1ccccc1-c1nnc(SCC(=O)Nc2ccccc2SC(F)F)n1C. The van der Waals surface area contributed by atoms with E-state index in [-0.39, 0.29) is 11.7 Å². The zero-order valence-electron chi connectivity index (χ0n) is 15.2. The number of hydrogen-bond donors (Lipinski definition) is 1. The number of amides is 1. The zero-order chi connectivity index (χ0) is 20.1. The fraction of sp³-hybridized carbons (Fsp3) is 0.211. The smallest absolute Gasteiger partial charge is 0.288 e. The van der Waals surface area contributed by atoms with Crippen LogP contribution in [0.15, 0.2) is 58.6 Å². The van der Waals surface area contributed by atoms with E-state index >= 15 is 0 Å². The van der Waals surface area contributed by atoms with Crippen molar-refractivity contribution in [1.29, 1.82) is 0 Å². The Labute approximate surface area is 169 Å². The number of alkyl halides is 2. The van der Waals surface area contributed by atoms with Gasteiger partial charge in [-0.2, -0.15) is 8.78 Å². The van der Waals surface area contributed by atoms with E-state index in [9.17, 15) is 13.6 Å². The molecule has 3 aromatic rings. The van der Waals surface area contributed by atoms with Gasteiger partial charge in [-0.1, -0.05) is 59.9 Å². The summed E-state index contributed by atoms with van der Waals surface area (Å²) in [5.74, 6) is -2.04. The second-order valence-corrected chi connectivity index (χ2v) is 7.87. The van der Waals surface area contributed by atoms with E-state index in [1.54, 1.807) is 24.3 Å². The molecule has 0 saturated heterocycles. The van der Waals surface area contributed by atoms with Crippen LogP contribution in [-0.4, -0.2) is 32.2 Å². The molecule has 0 bridgehead atoms. The topological polar surface area (TPSA) is 59.8 Å². The van der Waals surface area contributed by atoms with Crippen LogP contribution in [-0.2, 0) is 11.8 Å². The molecule has 5 nitrogen and oxygen atoms in total. The van der Waals surface area contributed by atoms with Crippen molar-refractivity contribution in [1.82, 2.24) is 14.8 Å². The summed E-state index contributed by atoms with van der Waals surface area (Å²) in [6.07, 6.45) is 0. The third-order valence-corrected chi connectivity index (χ3v) is 5.74. The maximum Gasteiger partial charge on any atom is 0.288 e. The number of rotatable bonds is 7. The van der Waals surface area contributed by atoms with Crippen molar-refractivity contribution in [3.05, 3.63) is 54.1 Å². The molecular formula is C19H18F2N4OS2. The number of nitrogens with zero attached hydrogens (tertiary/aromatic N) is 3. The van der Waals surface area contributed by atoms with E-state index in [0.29, 0.717) is 27.5 Å². The van der Waals surface area contributed by atoms with E-state index in [1.807, 2.05) is 42.8 Å². The van der Waals surface area contributed by atoms with Crippen LogP contribution in [0.2, 0.25) is 0 Å². The van der Waals surface area contributed by atoms with E-state index in [0.717, 1.165) is 17.0 Å². The molecule has 1 aromatic heterocycles. The Morgan fingerprint density at radius 2 is 1.86 bits per heavy atom. The van der Waals surface area contributed by atoms with Crippen molar-refractivity contribution < 1.29 is 13.6 Å². The Morgan fingerprint density at radius 1 is 1.14 bits per heavy atom. The largest absolute Gasteiger partial charge is 0.324 e. The normalized spacial score (nSPS) is 11.0. The van der Waals surface area contributed by atoms with Crippen LogP contribution in [0.1, 0.15) is 5.56 Å². The van der Waals surface area contributed by atoms with Gasteiger partial charge >= 0.3 is 0 Å². The zero-order valence-corrected chi connectivity index (χ0v) is 16.9. The Hall–Kier alpha value is -2.39. The highest BCUT2D eigenvalue weighted by atomic mass is 32.2. The lowest BCUT2D eigenvalue weighted by molar-refractivity contribution is -0.113. The quantitative estimate of drug-likeness (QED) is 0.555. The molecule has 0 aliphatic carbocycles. The van der Waals surface area contributed by atoms with Gasteiger partial charge in [0.05, 0.1) is 11.4 Å². The van der Waals surface area contributed by atoms with Crippen LogP contribution >= 0.6 is 23.5 Å². The van der Waals surface area contributed by atoms with Gasteiger partial charge in [0, 0.05) is 17.5 Å². The van der Waals surface area contributed by atoms with Gasteiger partial charge in [0.15, 0.2) is 11.0 Å². The summed E-state index contributed by atoms with van der Waals surface area (Å²) >= 11 is 1.64. The van der Waals surface area contributed by atoms with E-state index < -0.39 is 5.76 Å². The molecule has 0 radical (unpaired) electrons. The van der Waals surface area contributed by atoms with Gasteiger partial charge < -0.3 is 9.88 Å². The number of halogens is 2. The van der Waals surface area contributed by atoms with E-state index in [1.165, 1.54) is 11.8 Å². The van der Waals surface area contributed by atoms with Crippen molar-refractivity contribution in [3.63, 3.8) is 0 Å². The van der Waals surface area contributed by atoms with Gasteiger partial charge in [0.1, 0.15) is 0 Å². The maximum absolute atomic E-state index is 12.7. The second-order valence-electron chi connectivity index (χ2n) is 5.89. The minimum atomic E-state index is -2.55. The summed E-state index contributed by atoms with van der Waals surface area (Å²) in [5, 5.41) is 11.7. The lowest BCUT2D eigenvalue weighted by atomic mass is 10.1. The summed E-state index contributed by atoms with van der Waals surface area (Å²) in [6.45, 7) is 2.00. The lowest BCUT2D eigenvalue weighted by Crippen LogP contribution is -2.15. The number of carbonyl (C=O) groups is 1. The molecule has 0 atom stereocenters. The predicted octanol–water partition coefficient (Wildman–Crippen LogP) is 4.84. The number of carbonyl (C=O) groups excluding carboxylic acids is 1. The van der Waals surface area contributed by atoms with Crippen LogP contribution in [0.5, 0.6) is 0 Å². The van der Waals surface area contributed by atoms with Crippen LogP contribution in [0.4, 0.5) is 14.5 Å². The summed E-state index contributed by atoms with van der Waals surface area (Å²) in [4.78, 5) is 12.6. The molecule has 0 fully saturated rings. The van der Waals surface area contributed by atoms with Crippen LogP contribution in [0.25, 0.3) is 11.4 Å². The number of aryl methyl sites for hydroxylation is 1. The third-order valence-electron chi connectivity index (χ3n) is 3.93. The summed E-state index contributed by atoms with van der Waals surface area (Å²) < 4.78 is 27.1. The first kappa shape index (κ1) is 20.3. The van der Waals surface area contributed by atoms with Gasteiger partial charge in [0.2, 0.25) is 5.91 Å². The van der Waals surface area contributed by atoms with Crippen LogP contribution in [0.3, 0.4) is 0 Å². The number of benzene rings is 2. The Morgan fingerprint density at radius 3 is 2.61 bits per heavy atom. The number of hydrogen-bond acceptors (Lipinski definition) is 5. The molecule has 0 aliphatic heterocycles. The molecule has 1 amide bonds. The molecule has 0 spiro atoms. The molecule has 1 N–H and O–H groups in total. The molecule has 0 aliphatic rings. The molecule has 1 heterocycles. The fourth-order valence-corrected chi connectivity index (χ4v) is 3.89. The fourth-order valence-electron chi connectivity index (χ4n) is 2.58. The molecular weight excluding hydrogens is 402 g/mol. The lowest BCUT2D eigenvalue weighted by Gasteiger charge is -2.10. The number of aromatic nitrogens is 3. The third kappa shape index (κ3) is 4.90. The van der Waals surface area contributed by atoms with Crippen molar-refractivity contribution >= 4 is 35.1 Å². The average molecular weight is 421 g/mol.